The number of benzene rings is 1. The highest BCUT2D eigenvalue weighted by atomic mass is 16.3. The van der Waals surface area contributed by atoms with Crippen molar-refractivity contribution in [1.82, 2.24) is 0 Å². The van der Waals surface area contributed by atoms with Gasteiger partial charge in [0, 0.05) is 16.9 Å². The molecule has 2 aromatic rings. The lowest BCUT2D eigenvalue weighted by atomic mass is 10.1. The average Bonchev–Trinajstić information content (AvgIpc) is 2.63. The van der Waals surface area contributed by atoms with Crippen molar-refractivity contribution in [1.29, 1.82) is 0 Å². The summed E-state index contributed by atoms with van der Waals surface area (Å²) in [5.74, 6) is 1.91. The van der Waals surface area contributed by atoms with E-state index in [2.05, 4.69) is 25.2 Å². The lowest BCUT2D eigenvalue weighted by Crippen LogP contribution is -2.08. The molecule has 3 heteroatoms. The third kappa shape index (κ3) is 2.50. The van der Waals surface area contributed by atoms with Crippen LogP contribution in [0.3, 0.4) is 0 Å². The Balaban J connectivity index is 2.23. The van der Waals surface area contributed by atoms with Gasteiger partial charge in [0.1, 0.15) is 11.5 Å². The zero-order chi connectivity index (χ0) is 13.3. The molecule has 18 heavy (non-hydrogen) atoms. The first kappa shape index (κ1) is 12.6. The number of nitrogens with two attached hydrogens (primary N) is 1. The first-order valence-corrected chi connectivity index (χ1v) is 6.17. The largest absolute Gasteiger partial charge is 0.466 e. The summed E-state index contributed by atoms with van der Waals surface area (Å²) in [6, 6.07) is 8.18. The van der Waals surface area contributed by atoms with Crippen molar-refractivity contribution in [2.24, 2.45) is 0 Å². The lowest BCUT2D eigenvalue weighted by molar-refractivity contribution is 0.500. The molecule has 0 spiro atoms. The normalized spacial score (nSPS) is 12.4. The molecule has 0 aliphatic rings. The molecule has 0 aliphatic heterocycles. The van der Waals surface area contributed by atoms with Gasteiger partial charge in [0.15, 0.2) is 0 Å². The van der Waals surface area contributed by atoms with E-state index < -0.39 is 0 Å². The van der Waals surface area contributed by atoms with Gasteiger partial charge in [-0.05, 0) is 51.5 Å². The molecule has 0 saturated heterocycles. The van der Waals surface area contributed by atoms with E-state index in [4.69, 9.17) is 10.2 Å². The zero-order valence-corrected chi connectivity index (χ0v) is 11.4. The Morgan fingerprint density at radius 1 is 1.17 bits per heavy atom. The maximum absolute atomic E-state index is 5.82. The minimum Gasteiger partial charge on any atom is -0.466 e. The molecular formula is C15H20N2O. The van der Waals surface area contributed by atoms with Crippen molar-refractivity contribution in [3.8, 4) is 0 Å². The predicted molar refractivity (Wildman–Crippen MR) is 75.8 cm³/mol. The Morgan fingerprint density at radius 3 is 2.50 bits per heavy atom. The van der Waals surface area contributed by atoms with Gasteiger partial charge in [-0.1, -0.05) is 6.07 Å². The molecule has 0 saturated carbocycles. The quantitative estimate of drug-likeness (QED) is 0.803. The van der Waals surface area contributed by atoms with Crippen LogP contribution in [0, 0.1) is 20.8 Å². The molecule has 1 aromatic carbocycles. The van der Waals surface area contributed by atoms with Gasteiger partial charge in [-0.15, -0.1) is 0 Å². The summed E-state index contributed by atoms with van der Waals surface area (Å²) in [6.07, 6.45) is 0. The van der Waals surface area contributed by atoms with Gasteiger partial charge < -0.3 is 15.5 Å². The molecule has 3 nitrogen and oxygen atoms in total. The predicted octanol–water partition coefficient (Wildman–Crippen LogP) is 3.96. The Hall–Kier alpha value is -1.90. The lowest BCUT2D eigenvalue weighted by Gasteiger charge is -2.17. The van der Waals surface area contributed by atoms with Crippen LogP contribution in [0.2, 0.25) is 0 Å². The van der Waals surface area contributed by atoms with Crippen molar-refractivity contribution in [2.75, 3.05) is 11.1 Å². The maximum Gasteiger partial charge on any atom is 0.106 e. The molecule has 2 rings (SSSR count). The molecule has 1 aromatic heterocycles. The van der Waals surface area contributed by atoms with Crippen LogP contribution >= 0.6 is 0 Å². The third-order valence-electron chi connectivity index (χ3n) is 3.18. The zero-order valence-electron chi connectivity index (χ0n) is 11.4. The van der Waals surface area contributed by atoms with Crippen LogP contribution in [0.25, 0.3) is 0 Å². The second-order valence-corrected chi connectivity index (χ2v) is 4.81. The standard InChI is InChI=1S/C15H20N2O/c1-9-5-6-13(16)8-15(9)17-11(3)14-7-10(2)18-12(14)4/h5-8,11,17H,16H2,1-4H3. The van der Waals surface area contributed by atoms with E-state index in [1.807, 2.05) is 32.0 Å². The minimum atomic E-state index is 0.197. The fraction of sp³-hybridized carbons (Fsp3) is 0.333. The number of anilines is 2. The summed E-state index contributed by atoms with van der Waals surface area (Å²) in [4.78, 5) is 0. The Morgan fingerprint density at radius 2 is 1.89 bits per heavy atom. The highest BCUT2D eigenvalue weighted by Gasteiger charge is 2.13. The van der Waals surface area contributed by atoms with E-state index >= 15 is 0 Å². The molecule has 0 fully saturated rings. The highest BCUT2D eigenvalue weighted by Crippen LogP contribution is 2.27. The highest BCUT2D eigenvalue weighted by molar-refractivity contribution is 5.60. The second-order valence-electron chi connectivity index (χ2n) is 4.81. The summed E-state index contributed by atoms with van der Waals surface area (Å²) in [6.45, 7) is 8.16. The van der Waals surface area contributed by atoms with Crippen molar-refractivity contribution in [3.63, 3.8) is 0 Å². The molecule has 0 radical (unpaired) electrons. The second kappa shape index (κ2) is 4.77. The van der Waals surface area contributed by atoms with E-state index in [1.165, 1.54) is 11.1 Å². The number of aryl methyl sites for hydroxylation is 3. The SMILES string of the molecule is Cc1cc(C(C)Nc2cc(N)ccc2C)c(C)o1. The Kier molecular flexibility index (Phi) is 3.32. The Bertz CT molecular complexity index is 558. The van der Waals surface area contributed by atoms with Gasteiger partial charge in [0.05, 0.1) is 6.04 Å². The number of nitrogens with one attached hydrogen (secondary N) is 1. The summed E-state index contributed by atoms with van der Waals surface area (Å²) in [7, 11) is 0. The van der Waals surface area contributed by atoms with Gasteiger partial charge in [0.2, 0.25) is 0 Å². The third-order valence-corrected chi connectivity index (χ3v) is 3.18. The summed E-state index contributed by atoms with van der Waals surface area (Å²) >= 11 is 0. The summed E-state index contributed by atoms with van der Waals surface area (Å²) in [5.41, 5.74) is 10.0. The topological polar surface area (TPSA) is 51.2 Å². The monoisotopic (exact) mass is 244 g/mol. The van der Waals surface area contributed by atoms with E-state index in [0.717, 1.165) is 22.9 Å². The molecule has 1 unspecified atom stereocenters. The number of nitrogen functional groups attached to an aromatic ring is 1. The average molecular weight is 244 g/mol. The molecule has 0 aliphatic carbocycles. The van der Waals surface area contributed by atoms with Crippen LogP contribution < -0.4 is 11.1 Å². The van der Waals surface area contributed by atoms with Crippen molar-refractivity contribution >= 4 is 11.4 Å². The first-order chi connectivity index (χ1) is 8.47. The van der Waals surface area contributed by atoms with Crippen LogP contribution in [0.15, 0.2) is 28.7 Å². The van der Waals surface area contributed by atoms with Crippen LogP contribution in [-0.4, -0.2) is 0 Å². The van der Waals surface area contributed by atoms with Crippen LogP contribution in [0.1, 0.15) is 35.6 Å². The summed E-state index contributed by atoms with van der Waals surface area (Å²) in [5, 5.41) is 3.48. The van der Waals surface area contributed by atoms with E-state index in [0.29, 0.717) is 0 Å². The number of hydrogen-bond donors (Lipinski definition) is 2. The summed E-state index contributed by atoms with van der Waals surface area (Å²) < 4.78 is 5.56. The molecule has 1 atom stereocenters. The molecule has 3 N–H and O–H groups in total. The molecule has 0 bridgehead atoms. The van der Waals surface area contributed by atoms with E-state index in [9.17, 15) is 0 Å². The van der Waals surface area contributed by atoms with Gasteiger partial charge in [-0.3, -0.25) is 0 Å². The number of furan rings is 1. The number of rotatable bonds is 3. The van der Waals surface area contributed by atoms with Crippen molar-refractivity contribution in [2.45, 2.75) is 33.7 Å². The van der Waals surface area contributed by atoms with E-state index in [1.54, 1.807) is 0 Å². The van der Waals surface area contributed by atoms with Gasteiger partial charge in [0.25, 0.3) is 0 Å². The van der Waals surface area contributed by atoms with Crippen molar-refractivity contribution < 1.29 is 4.42 Å². The molecule has 1 heterocycles. The fourth-order valence-electron chi connectivity index (χ4n) is 2.19. The smallest absolute Gasteiger partial charge is 0.106 e. The van der Waals surface area contributed by atoms with Crippen LogP contribution in [0.5, 0.6) is 0 Å². The number of hydrogen-bond acceptors (Lipinski definition) is 3. The van der Waals surface area contributed by atoms with Crippen LogP contribution in [0.4, 0.5) is 11.4 Å². The van der Waals surface area contributed by atoms with Crippen molar-refractivity contribution in [3.05, 3.63) is 46.9 Å². The van der Waals surface area contributed by atoms with Gasteiger partial charge in [-0.25, -0.2) is 0 Å². The van der Waals surface area contributed by atoms with E-state index in [-0.39, 0.29) is 6.04 Å². The molecular weight excluding hydrogens is 224 g/mol. The van der Waals surface area contributed by atoms with Gasteiger partial charge >= 0.3 is 0 Å². The van der Waals surface area contributed by atoms with Gasteiger partial charge in [-0.2, -0.15) is 0 Å². The maximum atomic E-state index is 5.82. The minimum absolute atomic E-state index is 0.197. The fourth-order valence-corrected chi connectivity index (χ4v) is 2.19. The first-order valence-electron chi connectivity index (χ1n) is 6.17. The Labute approximate surface area is 108 Å². The molecule has 0 amide bonds. The molecule has 96 valence electrons. The van der Waals surface area contributed by atoms with Crippen LogP contribution in [-0.2, 0) is 0 Å².